The minimum absolute atomic E-state index is 0.104. The topological polar surface area (TPSA) is 66.8 Å². The second-order valence-corrected chi connectivity index (χ2v) is 3.94. The summed E-state index contributed by atoms with van der Waals surface area (Å²) in [6, 6.07) is 6.78. The van der Waals surface area contributed by atoms with Gasteiger partial charge in [0, 0.05) is 18.5 Å². The molecule has 1 atom stereocenters. The van der Waals surface area contributed by atoms with E-state index in [0.717, 1.165) is 6.29 Å². The minimum atomic E-state index is -0.910. The number of aldehydes is 1. The minimum Gasteiger partial charge on any atom is -0.489 e. The quantitative estimate of drug-likeness (QED) is 0.808. The number of rotatable bonds is 3. The van der Waals surface area contributed by atoms with Gasteiger partial charge in [-0.3, -0.25) is 4.79 Å². The lowest BCUT2D eigenvalue weighted by Gasteiger charge is -2.14. The van der Waals surface area contributed by atoms with Gasteiger partial charge in [-0.2, -0.15) is 0 Å². The molecule has 1 aromatic carbocycles. The maximum atomic E-state index is 10.7. The number of carbonyl (C=O) groups is 2. The summed E-state index contributed by atoms with van der Waals surface area (Å²) in [4.78, 5) is 22.5. The van der Waals surface area contributed by atoms with Crippen LogP contribution in [0.4, 0.5) is 4.79 Å². The number of carboxylic acid groups (broad SMARTS) is 1. The van der Waals surface area contributed by atoms with E-state index in [9.17, 15) is 9.59 Å². The van der Waals surface area contributed by atoms with Crippen molar-refractivity contribution in [1.29, 1.82) is 0 Å². The summed E-state index contributed by atoms with van der Waals surface area (Å²) < 4.78 is 5.63. The Balaban J connectivity index is 1.93. The second kappa shape index (κ2) is 4.86. The molecule has 0 aliphatic carbocycles. The summed E-state index contributed by atoms with van der Waals surface area (Å²) in [6.07, 6.45) is 0.452. The van der Waals surface area contributed by atoms with Crippen LogP contribution in [-0.4, -0.2) is 41.6 Å². The number of nitrogens with zero attached hydrogens (tertiary/aromatic N) is 1. The van der Waals surface area contributed by atoms with E-state index in [-0.39, 0.29) is 6.10 Å². The Hall–Kier alpha value is -2.04. The molecule has 0 aromatic heterocycles. The molecular weight excluding hydrogens is 222 g/mol. The molecule has 0 radical (unpaired) electrons. The van der Waals surface area contributed by atoms with Gasteiger partial charge in [-0.05, 0) is 24.3 Å². The molecule has 1 amide bonds. The third-order valence-electron chi connectivity index (χ3n) is 2.73. The van der Waals surface area contributed by atoms with Gasteiger partial charge in [-0.25, -0.2) is 4.79 Å². The van der Waals surface area contributed by atoms with Gasteiger partial charge < -0.3 is 14.7 Å². The summed E-state index contributed by atoms with van der Waals surface area (Å²) in [6.45, 7) is 0.900. The van der Waals surface area contributed by atoms with Gasteiger partial charge in [0.25, 0.3) is 0 Å². The molecular formula is C12H13NO4. The smallest absolute Gasteiger partial charge is 0.407 e. The number of hydrogen-bond acceptors (Lipinski definition) is 3. The average Bonchev–Trinajstić information content (AvgIpc) is 2.79. The molecule has 1 N–H and O–H groups in total. The highest BCUT2D eigenvalue weighted by molar-refractivity contribution is 5.74. The molecule has 1 unspecified atom stereocenters. The molecule has 1 fully saturated rings. The van der Waals surface area contributed by atoms with Crippen LogP contribution in [0, 0.1) is 0 Å². The fraction of sp³-hybridized carbons (Fsp3) is 0.333. The van der Waals surface area contributed by atoms with Gasteiger partial charge in [0.15, 0.2) is 0 Å². The molecule has 1 heterocycles. The zero-order chi connectivity index (χ0) is 12.3. The molecule has 5 heteroatoms. The molecule has 17 heavy (non-hydrogen) atoms. The van der Waals surface area contributed by atoms with Crippen LogP contribution in [0.1, 0.15) is 16.8 Å². The standard InChI is InChI=1S/C12H13NO4/c14-8-9-1-3-10(4-2-9)17-11-5-6-13(7-11)12(15)16/h1-4,8,11H,5-7H2,(H,15,16). The molecule has 0 saturated carbocycles. The first-order valence-electron chi connectivity index (χ1n) is 5.39. The van der Waals surface area contributed by atoms with Crippen LogP contribution in [0.3, 0.4) is 0 Å². The maximum absolute atomic E-state index is 10.7. The highest BCUT2D eigenvalue weighted by Gasteiger charge is 2.27. The average molecular weight is 235 g/mol. The number of likely N-dealkylation sites (tertiary alicyclic amines) is 1. The fourth-order valence-electron chi connectivity index (χ4n) is 1.82. The Morgan fingerprint density at radius 1 is 1.41 bits per heavy atom. The Bertz CT molecular complexity index is 415. The van der Waals surface area contributed by atoms with Crippen LogP contribution >= 0.6 is 0 Å². The van der Waals surface area contributed by atoms with Crippen molar-refractivity contribution in [2.24, 2.45) is 0 Å². The van der Waals surface area contributed by atoms with Crippen molar-refractivity contribution < 1.29 is 19.4 Å². The van der Waals surface area contributed by atoms with Gasteiger partial charge in [0.2, 0.25) is 0 Å². The Morgan fingerprint density at radius 3 is 2.65 bits per heavy atom. The van der Waals surface area contributed by atoms with Gasteiger partial charge in [0.05, 0.1) is 6.54 Å². The molecule has 90 valence electrons. The molecule has 0 spiro atoms. The van der Waals surface area contributed by atoms with Gasteiger partial charge in [-0.1, -0.05) is 0 Å². The first-order chi connectivity index (χ1) is 8.19. The molecule has 1 saturated heterocycles. The van der Waals surface area contributed by atoms with Crippen LogP contribution in [0.15, 0.2) is 24.3 Å². The molecule has 5 nitrogen and oxygen atoms in total. The number of carbonyl (C=O) groups excluding carboxylic acids is 1. The van der Waals surface area contributed by atoms with Crippen molar-refractivity contribution in [3.63, 3.8) is 0 Å². The Morgan fingerprint density at radius 2 is 2.12 bits per heavy atom. The van der Waals surface area contributed by atoms with Crippen LogP contribution < -0.4 is 4.74 Å². The van der Waals surface area contributed by atoms with E-state index in [1.54, 1.807) is 24.3 Å². The van der Waals surface area contributed by atoms with E-state index in [0.29, 0.717) is 30.8 Å². The van der Waals surface area contributed by atoms with Gasteiger partial charge in [0.1, 0.15) is 18.1 Å². The summed E-state index contributed by atoms with van der Waals surface area (Å²) >= 11 is 0. The van der Waals surface area contributed by atoms with Crippen molar-refractivity contribution in [3.8, 4) is 5.75 Å². The third-order valence-corrected chi connectivity index (χ3v) is 2.73. The first-order valence-corrected chi connectivity index (χ1v) is 5.39. The van der Waals surface area contributed by atoms with E-state index in [2.05, 4.69) is 0 Å². The van der Waals surface area contributed by atoms with Crippen molar-refractivity contribution in [1.82, 2.24) is 4.90 Å². The monoisotopic (exact) mass is 235 g/mol. The summed E-state index contributed by atoms with van der Waals surface area (Å²) in [7, 11) is 0. The van der Waals surface area contributed by atoms with E-state index in [1.807, 2.05) is 0 Å². The predicted octanol–water partition coefficient (Wildman–Crippen LogP) is 1.63. The fourth-order valence-corrected chi connectivity index (χ4v) is 1.82. The SMILES string of the molecule is O=Cc1ccc(OC2CCN(C(=O)O)C2)cc1. The number of hydrogen-bond donors (Lipinski definition) is 1. The van der Waals surface area contributed by atoms with Crippen LogP contribution in [0.5, 0.6) is 5.75 Å². The van der Waals surface area contributed by atoms with Crippen LogP contribution in [-0.2, 0) is 0 Å². The largest absolute Gasteiger partial charge is 0.489 e. The Kier molecular flexibility index (Phi) is 3.27. The summed E-state index contributed by atoms with van der Waals surface area (Å²) in [5.74, 6) is 0.660. The zero-order valence-electron chi connectivity index (χ0n) is 9.20. The third kappa shape index (κ3) is 2.75. The highest BCUT2D eigenvalue weighted by Crippen LogP contribution is 2.18. The van der Waals surface area contributed by atoms with E-state index >= 15 is 0 Å². The lowest BCUT2D eigenvalue weighted by Crippen LogP contribution is -2.29. The Labute approximate surface area is 98.6 Å². The normalized spacial score (nSPS) is 19.1. The van der Waals surface area contributed by atoms with Crippen LogP contribution in [0.25, 0.3) is 0 Å². The van der Waals surface area contributed by atoms with Crippen molar-refractivity contribution in [2.45, 2.75) is 12.5 Å². The molecule has 1 aromatic rings. The lowest BCUT2D eigenvalue weighted by atomic mass is 10.2. The highest BCUT2D eigenvalue weighted by atomic mass is 16.5. The van der Waals surface area contributed by atoms with Crippen LogP contribution in [0.2, 0.25) is 0 Å². The number of ether oxygens (including phenoxy) is 1. The molecule has 0 bridgehead atoms. The number of benzene rings is 1. The first kappa shape index (κ1) is 11.4. The van der Waals surface area contributed by atoms with E-state index in [1.165, 1.54) is 4.90 Å². The van der Waals surface area contributed by atoms with Crippen molar-refractivity contribution in [3.05, 3.63) is 29.8 Å². The molecule has 1 aliphatic heterocycles. The van der Waals surface area contributed by atoms with E-state index in [4.69, 9.17) is 9.84 Å². The summed E-state index contributed by atoms with van der Waals surface area (Å²) in [5, 5.41) is 8.80. The van der Waals surface area contributed by atoms with Gasteiger partial charge >= 0.3 is 6.09 Å². The van der Waals surface area contributed by atoms with Gasteiger partial charge in [-0.15, -0.1) is 0 Å². The van der Waals surface area contributed by atoms with Crippen molar-refractivity contribution in [2.75, 3.05) is 13.1 Å². The lowest BCUT2D eigenvalue weighted by molar-refractivity contribution is 0.112. The molecule has 2 rings (SSSR count). The number of amides is 1. The van der Waals surface area contributed by atoms with Crippen molar-refractivity contribution >= 4 is 12.4 Å². The second-order valence-electron chi connectivity index (χ2n) is 3.94. The predicted molar refractivity (Wildman–Crippen MR) is 60.5 cm³/mol. The maximum Gasteiger partial charge on any atom is 0.407 e. The summed E-state index contributed by atoms with van der Waals surface area (Å²) in [5.41, 5.74) is 0.593. The van der Waals surface area contributed by atoms with E-state index < -0.39 is 6.09 Å². The molecule has 1 aliphatic rings. The zero-order valence-corrected chi connectivity index (χ0v) is 9.20.